The van der Waals surface area contributed by atoms with Crippen molar-refractivity contribution in [1.82, 2.24) is 4.90 Å². The minimum Gasteiger partial charge on any atom is -0.469 e. The van der Waals surface area contributed by atoms with Gasteiger partial charge in [-0.05, 0) is 32.9 Å². The summed E-state index contributed by atoms with van der Waals surface area (Å²) < 4.78 is 4.68. The van der Waals surface area contributed by atoms with Crippen molar-refractivity contribution in [2.45, 2.75) is 45.1 Å². The molecule has 1 aliphatic rings. The lowest BCUT2D eigenvalue weighted by Gasteiger charge is -2.26. The van der Waals surface area contributed by atoms with Gasteiger partial charge in [-0.3, -0.25) is 4.79 Å². The highest BCUT2D eigenvalue weighted by atomic mass is 16.5. The molecule has 0 aliphatic carbocycles. The first-order valence-corrected chi connectivity index (χ1v) is 5.55. The number of rotatable bonds is 3. The maximum Gasteiger partial charge on any atom is 0.307 e. The molecule has 0 amide bonds. The Labute approximate surface area is 86.4 Å². The molecule has 0 unspecified atom stereocenters. The Hall–Kier alpha value is -0.570. The number of methoxy groups -OCH3 is 1. The summed E-state index contributed by atoms with van der Waals surface area (Å²) in [6, 6.07) is 0.334. The molecular formula is C11H21NO2. The van der Waals surface area contributed by atoms with Crippen LogP contribution in [0.25, 0.3) is 0 Å². The van der Waals surface area contributed by atoms with Crippen LogP contribution in [0, 0.1) is 0 Å². The molecule has 0 saturated carbocycles. The van der Waals surface area contributed by atoms with Gasteiger partial charge in [0.15, 0.2) is 0 Å². The largest absolute Gasteiger partial charge is 0.469 e. The second-order valence-corrected chi connectivity index (χ2v) is 4.08. The summed E-state index contributed by atoms with van der Waals surface area (Å²) >= 11 is 0. The fourth-order valence-electron chi connectivity index (χ4n) is 1.99. The average molecular weight is 199 g/mol. The van der Waals surface area contributed by atoms with Gasteiger partial charge in [0.2, 0.25) is 0 Å². The zero-order chi connectivity index (χ0) is 10.4. The van der Waals surface area contributed by atoms with E-state index in [1.165, 1.54) is 32.8 Å². The molecule has 0 bridgehead atoms. The lowest BCUT2D eigenvalue weighted by atomic mass is 10.2. The lowest BCUT2D eigenvalue weighted by Crippen LogP contribution is -2.35. The monoisotopic (exact) mass is 199 g/mol. The van der Waals surface area contributed by atoms with Gasteiger partial charge in [0.25, 0.3) is 0 Å². The highest BCUT2D eigenvalue weighted by Gasteiger charge is 2.18. The zero-order valence-electron chi connectivity index (χ0n) is 9.29. The van der Waals surface area contributed by atoms with E-state index in [0.29, 0.717) is 12.5 Å². The maximum absolute atomic E-state index is 11.1. The van der Waals surface area contributed by atoms with Crippen LogP contribution < -0.4 is 0 Å². The number of carbonyl (C=O) groups is 1. The van der Waals surface area contributed by atoms with Crippen molar-refractivity contribution in [1.29, 1.82) is 0 Å². The van der Waals surface area contributed by atoms with E-state index in [4.69, 9.17) is 0 Å². The van der Waals surface area contributed by atoms with Gasteiger partial charge in [0, 0.05) is 6.04 Å². The second-order valence-electron chi connectivity index (χ2n) is 4.08. The Bertz CT molecular complexity index is 174. The molecule has 0 N–H and O–H groups in total. The van der Waals surface area contributed by atoms with E-state index in [9.17, 15) is 4.79 Å². The summed E-state index contributed by atoms with van der Waals surface area (Å²) in [4.78, 5) is 13.5. The molecule has 1 fully saturated rings. The van der Waals surface area contributed by atoms with Crippen molar-refractivity contribution in [2.24, 2.45) is 0 Å². The smallest absolute Gasteiger partial charge is 0.307 e. The zero-order valence-corrected chi connectivity index (χ0v) is 9.29. The molecule has 1 heterocycles. The molecule has 1 atom stereocenters. The number of hydrogen-bond acceptors (Lipinski definition) is 3. The van der Waals surface area contributed by atoms with E-state index in [0.717, 1.165) is 13.1 Å². The first kappa shape index (κ1) is 11.5. The minimum absolute atomic E-state index is 0.0956. The summed E-state index contributed by atoms with van der Waals surface area (Å²) in [6.45, 7) is 4.39. The maximum atomic E-state index is 11.1. The third kappa shape index (κ3) is 3.66. The number of likely N-dealkylation sites (tertiary alicyclic amines) is 1. The number of hydrogen-bond donors (Lipinski definition) is 0. The molecule has 0 radical (unpaired) electrons. The van der Waals surface area contributed by atoms with Gasteiger partial charge in [-0.15, -0.1) is 0 Å². The predicted molar refractivity (Wildman–Crippen MR) is 56.1 cm³/mol. The van der Waals surface area contributed by atoms with E-state index >= 15 is 0 Å². The number of esters is 1. The molecule has 1 saturated heterocycles. The number of nitrogens with zero attached hydrogens (tertiary/aromatic N) is 1. The molecule has 0 spiro atoms. The molecule has 1 aliphatic heterocycles. The van der Waals surface area contributed by atoms with Gasteiger partial charge in [0.1, 0.15) is 0 Å². The highest BCUT2D eigenvalue weighted by molar-refractivity contribution is 5.69. The summed E-state index contributed by atoms with van der Waals surface area (Å²) in [5, 5.41) is 0. The molecule has 0 aromatic rings. The van der Waals surface area contributed by atoms with Gasteiger partial charge in [-0.1, -0.05) is 12.8 Å². The van der Waals surface area contributed by atoms with Crippen molar-refractivity contribution in [3.05, 3.63) is 0 Å². The van der Waals surface area contributed by atoms with Crippen LogP contribution in [0.5, 0.6) is 0 Å². The van der Waals surface area contributed by atoms with Crippen molar-refractivity contribution >= 4 is 5.97 Å². The molecule has 1 rings (SSSR count). The summed E-state index contributed by atoms with van der Waals surface area (Å²) in [5.74, 6) is -0.0956. The van der Waals surface area contributed by atoms with Crippen molar-refractivity contribution < 1.29 is 9.53 Å². The van der Waals surface area contributed by atoms with Crippen LogP contribution in [0.1, 0.15) is 39.0 Å². The van der Waals surface area contributed by atoms with Crippen molar-refractivity contribution in [3.8, 4) is 0 Å². The SMILES string of the molecule is COC(=O)C[C@@H](C)N1CCCCCC1. The van der Waals surface area contributed by atoms with E-state index in [1.807, 2.05) is 0 Å². The quantitative estimate of drug-likeness (QED) is 0.649. The number of ether oxygens (including phenoxy) is 1. The molecule has 3 nitrogen and oxygen atoms in total. The third-order valence-corrected chi connectivity index (χ3v) is 2.95. The summed E-state index contributed by atoms with van der Waals surface area (Å²) in [7, 11) is 1.46. The predicted octanol–water partition coefficient (Wildman–Crippen LogP) is 1.81. The average Bonchev–Trinajstić information content (AvgIpc) is 2.45. The summed E-state index contributed by atoms with van der Waals surface area (Å²) in [6.07, 6.45) is 5.73. The Morgan fingerprint density at radius 1 is 1.29 bits per heavy atom. The molecule has 3 heteroatoms. The van der Waals surface area contributed by atoms with E-state index in [1.54, 1.807) is 0 Å². The van der Waals surface area contributed by atoms with E-state index in [-0.39, 0.29) is 5.97 Å². The van der Waals surface area contributed by atoms with Gasteiger partial charge < -0.3 is 9.64 Å². The molecular weight excluding hydrogens is 178 g/mol. The van der Waals surface area contributed by atoms with Gasteiger partial charge in [-0.25, -0.2) is 0 Å². The fourth-order valence-corrected chi connectivity index (χ4v) is 1.99. The molecule has 0 aromatic heterocycles. The van der Waals surface area contributed by atoms with Crippen LogP contribution in [0.15, 0.2) is 0 Å². The van der Waals surface area contributed by atoms with Crippen LogP contribution in [0.2, 0.25) is 0 Å². The molecule has 0 aromatic carbocycles. The fraction of sp³-hybridized carbons (Fsp3) is 0.909. The Balaban J connectivity index is 2.33. The molecule has 14 heavy (non-hydrogen) atoms. The third-order valence-electron chi connectivity index (χ3n) is 2.95. The first-order chi connectivity index (χ1) is 6.74. The normalized spacial score (nSPS) is 21.3. The number of carbonyl (C=O) groups excluding carboxylic acids is 1. The Kier molecular flexibility index (Phi) is 4.94. The standard InChI is InChI=1S/C11H21NO2/c1-10(9-11(13)14-2)12-7-5-3-4-6-8-12/h10H,3-9H2,1-2H3/t10-/m1/s1. The van der Waals surface area contributed by atoms with Crippen LogP contribution in [0.4, 0.5) is 0 Å². The van der Waals surface area contributed by atoms with Crippen molar-refractivity contribution in [2.75, 3.05) is 20.2 Å². The van der Waals surface area contributed by atoms with Gasteiger partial charge in [-0.2, -0.15) is 0 Å². The van der Waals surface area contributed by atoms with E-state index in [2.05, 4.69) is 16.6 Å². The van der Waals surface area contributed by atoms with Crippen molar-refractivity contribution in [3.63, 3.8) is 0 Å². The second kappa shape index (κ2) is 6.02. The topological polar surface area (TPSA) is 29.5 Å². The summed E-state index contributed by atoms with van der Waals surface area (Å²) in [5.41, 5.74) is 0. The molecule has 82 valence electrons. The highest BCUT2D eigenvalue weighted by Crippen LogP contribution is 2.14. The van der Waals surface area contributed by atoms with E-state index < -0.39 is 0 Å². The Morgan fingerprint density at radius 3 is 2.36 bits per heavy atom. The van der Waals surface area contributed by atoms with Crippen LogP contribution in [-0.4, -0.2) is 37.1 Å². The first-order valence-electron chi connectivity index (χ1n) is 5.55. The lowest BCUT2D eigenvalue weighted by molar-refractivity contribution is -0.141. The Morgan fingerprint density at radius 2 is 1.86 bits per heavy atom. The minimum atomic E-state index is -0.0956. The van der Waals surface area contributed by atoms with Crippen LogP contribution in [0.3, 0.4) is 0 Å². The van der Waals surface area contributed by atoms with Gasteiger partial charge >= 0.3 is 5.97 Å². The van der Waals surface area contributed by atoms with Crippen LogP contribution in [-0.2, 0) is 9.53 Å². The van der Waals surface area contributed by atoms with Gasteiger partial charge in [0.05, 0.1) is 13.5 Å². The van der Waals surface area contributed by atoms with Crippen LogP contribution >= 0.6 is 0 Å².